The first-order valence-corrected chi connectivity index (χ1v) is 7.34. The first-order chi connectivity index (χ1) is 11.9. The molecule has 2 rings (SSSR count). The SMILES string of the molecule is CC(C)Oc1cc(NC(=O)N(C)c2nccc(C=O)n2)ncc1C#N. The molecule has 0 bridgehead atoms. The Morgan fingerprint density at radius 1 is 1.44 bits per heavy atom. The van der Waals surface area contributed by atoms with E-state index in [4.69, 9.17) is 10.00 Å². The van der Waals surface area contributed by atoms with Crippen LogP contribution in [-0.4, -0.2) is 40.4 Å². The van der Waals surface area contributed by atoms with Crippen LogP contribution in [0.5, 0.6) is 5.75 Å². The maximum atomic E-state index is 12.3. The highest BCUT2D eigenvalue weighted by Crippen LogP contribution is 2.22. The van der Waals surface area contributed by atoms with Crippen molar-refractivity contribution in [1.29, 1.82) is 5.26 Å². The van der Waals surface area contributed by atoms with Crippen molar-refractivity contribution >= 4 is 24.1 Å². The molecule has 9 heteroatoms. The van der Waals surface area contributed by atoms with Crippen LogP contribution in [0.2, 0.25) is 0 Å². The topological polar surface area (TPSA) is 121 Å². The predicted octanol–water partition coefficient (Wildman–Crippen LogP) is 2.01. The Labute approximate surface area is 144 Å². The van der Waals surface area contributed by atoms with Crippen LogP contribution in [-0.2, 0) is 0 Å². The summed E-state index contributed by atoms with van der Waals surface area (Å²) in [4.78, 5) is 36.1. The second-order valence-corrected chi connectivity index (χ2v) is 5.23. The van der Waals surface area contributed by atoms with Gasteiger partial charge in [0, 0.05) is 19.3 Å². The fourth-order valence-electron chi connectivity index (χ4n) is 1.81. The number of nitrogens with zero attached hydrogens (tertiary/aromatic N) is 5. The Balaban J connectivity index is 2.19. The molecule has 9 nitrogen and oxygen atoms in total. The molecule has 0 saturated carbocycles. The number of amides is 2. The van der Waals surface area contributed by atoms with Crippen molar-refractivity contribution < 1.29 is 14.3 Å². The lowest BCUT2D eigenvalue weighted by molar-refractivity contribution is 0.111. The molecule has 2 heterocycles. The molecule has 0 atom stereocenters. The third-order valence-corrected chi connectivity index (χ3v) is 2.97. The van der Waals surface area contributed by atoms with Gasteiger partial charge < -0.3 is 4.74 Å². The number of aromatic nitrogens is 3. The molecule has 0 aliphatic heterocycles. The Morgan fingerprint density at radius 3 is 2.84 bits per heavy atom. The van der Waals surface area contributed by atoms with Crippen molar-refractivity contribution in [3.05, 3.63) is 35.8 Å². The van der Waals surface area contributed by atoms with E-state index in [1.54, 1.807) is 0 Å². The Hall–Kier alpha value is -3.54. The van der Waals surface area contributed by atoms with Crippen LogP contribution in [0.4, 0.5) is 16.6 Å². The van der Waals surface area contributed by atoms with Gasteiger partial charge in [-0.2, -0.15) is 5.26 Å². The van der Waals surface area contributed by atoms with Crippen molar-refractivity contribution in [3.63, 3.8) is 0 Å². The molecule has 0 spiro atoms. The second-order valence-electron chi connectivity index (χ2n) is 5.23. The predicted molar refractivity (Wildman–Crippen MR) is 89.6 cm³/mol. The number of carbonyl (C=O) groups excluding carboxylic acids is 2. The Morgan fingerprint density at radius 2 is 2.20 bits per heavy atom. The Kier molecular flexibility index (Phi) is 5.58. The summed E-state index contributed by atoms with van der Waals surface area (Å²) in [7, 11) is 1.45. The molecular weight excluding hydrogens is 324 g/mol. The average Bonchev–Trinajstić information content (AvgIpc) is 2.60. The summed E-state index contributed by atoms with van der Waals surface area (Å²) in [6.45, 7) is 3.65. The van der Waals surface area contributed by atoms with E-state index in [0.717, 1.165) is 4.90 Å². The van der Waals surface area contributed by atoms with Gasteiger partial charge in [-0.25, -0.2) is 19.7 Å². The number of pyridine rings is 1. The fraction of sp³-hybridized carbons (Fsp3) is 0.250. The van der Waals surface area contributed by atoms with Gasteiger partial charge in [-0.05, 0) is 19.9 Å². The maximum absolute atomic E-state index is 12.3. The smallest absolute Gasteiger partial charge is 0.329 e. The Bertz CT molecular complexity index is 831. The number of ether oxygens (including phenoxy) is 1. The van der Waals surface area contributed by atoms with Crippen molar-refractivity contribution in [2.24, 2.45) is 0 Å². The van der Waals surface area contributed by atoms with Crippen LogP contribution in [0.3, 0.4) is 0 Å². The summed E-state index contributed by atoms with van der Waals surface area (Å²) in [6, 6.07) is 4.32. The normalized spacial score (nSPS) is 10.0. The molecule has 2 aromatic rings. The fourth-order valence-corrected chi connectivity index (χ4v) is 1.81. The summed E-state index contributed by atoms with van der Waals surface area (Å²) in [6.07, 6.45) is 3.12. The van der Waals surface area contributed by atoms with Crippen LogP contribution < -0.4 is 15.0 Å². The highest BCUT2D eigenvalue weighted by molar-refractivity contribution is 5.99. The summed E-state index contributed by atoms with van der Waals surface area (Å²) >= 11 is 0. The van der Waals surface area contributed by atoms with Crippen LogP contribution in [0.1, 0.15) is 29.9 Å². The lowest BCUT2D eigenvalue weighted by Crippen LogP contribution is -2.33. The second kappa shape index (κ2) is 7.83. The first-order valence-electron chi connectivity index (χ1n) is 7.34. The zero-order valence-electron chi connectivity index (χ0n) is 13.9. The maximum Gasteiger partial charge on any atom is 0.329 e. The minimum absolute atomic E-state index is 0.0643. The van der Waals surface area contributed by atoms with Gasteiger partial charge in [0.15, 0.2) is 6.29 Å². The van der Waals surface area contributed by atoms with Gasteiger partial charge in [0.05, 0.1) is 12.3 Å². The molecule has 128 valence electrons. The van der Waals surface area contributed by atoms with Gasteiger partial charge in [-0.3, -0.25) is 15.0 Å². The van der Waals surface area contributed by atoms with E-state index >= 15 is 0 Å². The van der Waals surface area contributed by atoms with Gasteiger partial charge >= 0.3 is 6.03 Å². The van der Waals surface area contributed by atoms with E-state index in [1.165, 1.54) is 31.6 Å². The van der Waals surface area contributed by atoms with E-state index in [0.29, 0.717) is 12.0 Å². The van der Waals surface area contributed by atoms with E-state index in [2.05, 4.69) is 20.3 Å². The van der Waals surface area contributed by atoms with E-state index < -0.39 is 6.03 Å². The molecule has 0 saturated heterocycles. The molecule has 0 radical (unpaired) electrons. The molecule has 0 aromatic carbocycles. The lowest BCUT2D eigenvalue weighted by Gasteiger charge is -2.16. The zero-order chi connectivity index (χ0) is 18.4. The van der Waals surface area contributed by atoms with Crippen LogP contribution >= 0.6 is 0 Å². The molecule has 2 aromatic heterocycles. The summed E-state index contributed by atoms with van der Waals surface area (Å²) in [5.41, 5.74) is 0.427. The highest BCUT2D eigenvalue weighted by Gasteiger charge is 2.16. The number of hydrogen-bond donors (Lipinski definition) is 1. The number of aldehydes is 1. The van der Waals surface area contributed by atoms with Crippen molar-refractivity contribution in [1.82, 2.24) is 15.0 Å². The number of carbonyl (C=O) groups is 2. The molecule has 2 amide bonds. The summed E-state index contributed by atoms with van der Waals surface area (Å²) in [5.74, 6) is 0.595. The number of rotatable bonds is 5. The van der Waals surface area contributed by atoms with Crippen LogP contribution in [0.15, 0.2) is 24.5 Å². The van der Waals surface area contributed by atoms with Crippen LogP contribution in [0, 0.1) is 11.3 Å². The quantitative estimate of drug-likeness (QED) is 0.826. The molecular formula is C16H16N6O3. The number of anilines is 2. The van der Waals surface area contributed by atoms with E-state index in [9.17, 15) is 9.59 Å². The standard InChI is InChI=1S/C16H16N6O3/c1-10(2)25-13-6-14(19-8-11(13)7-17)21-16(24)22(3)15-18-5-4-12(9-23)20-15/h4-6,8-10H,1-3H3,(H,19,21,24). The molecule has 0 aliphatic rings. The van der Waals surface area contributed by atoms with Crippen LogP contribution in [0.25, 0.3) is 0 Å². The molecule has 25 heavy (non-hydrogen) atoms. The van der Waals surface area contributed by atoms with Gasteiger partial charge in [-0.15, -0.1) is 0 Å². The van der Waals surface area contributed by atoms with Gasteiger partial charge in [0.2, 0.25) is 5.95 Å². The largest absolute Gasteiger partial charge is 0.489 e. The monoisotopic (exact) mass is 340 g/mol. The minimum Gasteiger partial charge on any atom is -0.489 e. The number of hydrogen-bond acceptors (Lipinski definition) is 7. The van der Waals surface area contributed by atoms with Crippen molar-refractivity contribution in [2.75, 3.05) is 17.3 Å². The number of nitriles is 1. The third-order valence-electron chi connectivity index (χ3n) is 2.97. The first kappa shape index (κ1) is 17.8. The van der Waals surface area contributed by atoms with Crippen molar-refractivity contribution in [2.45, 2.75) is 20.0 Å². The molecule has 0 unspecified atom stereocenters. The highest BCUT2D eigenvalue weighted by atomic mass is 16.5. The summed E-state index contributed by atoms with van der Waals surface area (Å²) < 4.78 is 5.54. The zero-order valence-corrected chi connectivity index (χ0v) is 13.9. The lowest BCUT2D eigenvalue weighted by atomic mass is 10.2. The van der Waals surface area contributed by atoms with E-state index in [-0.39, 0.29) is 29.1 Å². The molecule has 0 aliphatic carbocycles. The van der Waals surface area contributed by atoms with Gasteiger partial charge in [0.25, 0.3) is 0 Å². The number of urea groups is 1. The summed E-state index contributed by atoms with van der Waals surface area (Å²) in [5, 5.41) is 11.6. The number of nitrogens with one attached hydrogen (secondary N) is 1. The van der Waals surface area contributed by atoms with Crippen molar-refractivity contribution in [3.8, 4) is 11.8 Å². The molecule has 1 N–H and O–H groups in total. The third kappa shape index (κ3) is 4.48. The van der Waals surface area contributed by atoms with E-state index in [1.807, 2.05) is 19.9 Å². The minimum atomic E-state index is -0.559. The molecule has 0 fully saturated rings. The average molecular weight is 340 g/mol. The van der Waals surface area contributed by atoms with Gasteiger partial charge in [-0.1, -0.05) is 0 Å². The van der Waals surface area contributed by atoms with Gasteiger partial charge in [0.1, 0.15) is 28.9 Å².